The molecule has 1 unspecified atom stereocenters. The number of rotatable bonds is 4. The van der Waals surface area contributed by atoms with Gasteiger partial charge in [0.25, 0.3) is 5.91 Å². The summed E-state index contributed by atoms with van der Waals surface area (Å²) in [4.78, 5) is 31.4. The summed E-state index contributed by atoms with van der Waals surface area (Å²) in [7, 11) is 1.52. The fourth-order valence-corrected chi connectivity index (χ4v) is 5.81. The number of halogens is 3. The highest BCUT2D eigenvalue weighted by Crippen LogP contribution is 2.50. The van der Waals surface area contributed by atoms with E-state index in [4.69, 9.17) is 0 Å². The van der Waals surface area contributed by atoms with Crippen molar-refractivity contribution in [3.05, 3.63) is 119 Å². The van der Waals surface area contributed by atoms with E-state index in [9.17, 15) is 22.8 Å². The van der Waals surface area contributed by atoms with Crippen molar-refractivity contribution in [2.24, 2.45) is 0 Å². The van der Waals surface area contributed by atoms with E-state index in [1.807, 2.05) is 42.5 Å². The largest absolute Gasteiger partial charge is 0.416 e. The van der Waals surface area contributed by atoms with Gasteiger partial charge in [-0.2, -0.15) is 13.2 Å². The zero-order valence-corrected chi connectivity index (χ0v) is 21.7. The fourth-order valence-electron chi connectivity index (χ4n) is 5.81. The number of amides is 2. The Kier molecular flexibility index (Phi) is 6.13. The van der Waals surface area contributed by atoms with Gasteiger partial charge in [-0.3, -0.25) is 14.5 Å². The Labute approximate surface area is 229 Å². The molecular weight excluding hydrogens is 515 g/mol. The van der Waals surface area contributed by atoms with Crippen LogP contribution in [0, 0.1) is 0 Å². The minimum atomic E-state index is -4.61. The first-order valence-electron chi connectivity index (χ1n) is 13.0. The van der Waals surface area contributed by atoms with Crippen LogP contribution in [-0.4, -0.2) is 18.9 Å². The number of alkyl halides is 3. The van der Waals surface area contributed by atoms with Crippen LogP contribution in [0.25, 0.3) is 0 Å². The summed E-state index contributed by atoms with van der Waals surface area (Å²) in [5, 5.41) is 3.40. The molecule has 1 heterocycles. The summed E-state index contributed by atoms with van der Waals surface area (Å²) in [6.45, 7) is 0.615. The Hall–Kier alpha value is -4.59. The topological polar surface area (TPSA) is 52.7 Å². The minimum Gasteiger partial charge on any atom is -0.381 e. The van der Waals surface area contributed by atoms with Gasteiger partial charge in [0.15, 0.2) is 5.41 Å². The van der Waals surface area contributed by atoms with Crippen LogP contribution in [0.2, 0.25) is 0 Å². The number of carbonyl (C=O) groups is 2. The molecule has 4 aromatic carbocycles. The van der Waals surface area contributed by atoms with Crippen molar-refractivity contribution in [3.63, 3.8) is 0 Å². The second-order valence-electron chi connectivity index (χ2n) is 10.2. The lowest BCUT2D eigenvalue weighted by Gasteiger charge is -2.32. The molecule has 0 saturated carbocycles. The van der Waals surface area contributed by atoms with E-state index in [1.165, 1.54) is 22.9 Å². The third-order valence-electron chi connectivity index (χ3n) is 7.83. The monoisotopic (exact) mass is 541 g/mol. The SMILES string of the molecule is CN1C(=O)C2(CCc3cc(NCc4ccccc4)ccc32)C(=O)N(c2ccccc2)c2cc(C(F)(F)F)ccc21. The fraction of sp³-hybridized carbons (Fsp3) is 0.188. The van der Waals surface area contributed by atoms with Crippen molar-refractivity contribution in [2.45, 2.75) is 31.0 Å². The predicted molar refractivity (Wildman–Crippen MR) is 149 cm³/mol. The molecule has 202 valence electrons. The third-order valence-corrected chi connectivity index (χ3v) is 7.83. The third kappa shape index (κ3) is 4.11. The van der Waals surface area contributed by atoms with Crippen molar-refractivity contribution >= 4 is 34.6 Å². The van der Waals surface area contributed by atoms with Crippen LogP contribution >= 0.6 is 0 Å². The van der Waals surface area contributed by atoms with Gasteiger partial charge in [-0.25, -0.2) is 0 Å². The summed E-state index contributed by atoms with van der Waals surface area (Å²) in [6, 6.07) is 27.2. The molecule has 0 radical (unpaired) electrons. The number of benzene rings is 4. The molecule has 1 atom stereocenters. The van der Waals surface area contributed by atoms with Crippen molar-refractivity contribution in [1.29, 1.82) is 0 Å². The van der Waals surface area contributed by atoms with Gasteiger partial charge in [-0.05, 0) is 72.0 Å². The number of aryl methyl sites for hydroxylation is 1. The Morgan fingerprint density at radius 3 is 2.23 bits per heavy atom. The van der Waals surface area contributed by atoms with Crippen molar-refractivity contribution in [1.82, 2.24) is 0 Å². The highest BCUT2D eigenvalue weighted by atomic mass is 19.4. The smallest absolute Gasteiger partial charge is 0.381 e. The summed E-state index contributed by atoms with van der Waals surface area (Å²) in [6.07, 6.45) is -3.92. The number of hydrogen-bond acceptors (Lipinski definition) is 3. The standard InChI is InChI=1S/C32H26F3N3O2/c1-37-27-15-12-23(32(33,34)35)19-28(27)38(25-10-6-3-7-11-25)30(40)31(29(37)39)17-16-22-18-24(13-14-26(22)31)36-20-21-8-4-2-5-9-21/h2-15,18-19,36H,16-17,20H2,1H3. The predicted octanol–water partition coefficient (Wildman–Crippen LogP) is 6.84. The van der Waals surface area contributed by atoms with Gasteiger partial charge >= 0.3 is 6.18 Å². The van der Waals surface area contributed by atoms with Crippen LogP contribution in [0.1, 0.15) is 28.7 Å². The maximum atomic E-state index is 14.6. The quantitative estimate of drug-likeness (QED) is 0.288. The zero-order chi connectivity index (χ0) is 28.1. The molecule has 0 aromatic heterocycles. The summed E-state index contributed by atoms with van der Waals surface area (Å²) >= 11 is 0. The Morgan fingerprint density at radius 2 is 1.52 bits per heavy atom. The molecular formula is C32H26F3N3O2. The molecule has 1 aliphatic carbocycles. The number of nitrogens with zero attached hydrogens (tertiary/aromatic N) is 2. The van der Waals surface area contributed by atoms with Gasteiger partial charge < -0.3 is 10.2 Å². The van der Waals surface area contributed by atoms with E-state index in [-0.39, 0.29) is 17.8 Å². The van der Waals surface area contributed by atoms with Gasteiger partial charge in [0.1, 0.15) is 0 Å². The van der Waals surface area contributed by atoms with Crippen LogP contribution in [0.15, 0.2) is 97.1 Å². The van der Waals surface area contributed by atoms with E-state index in [1.54, 1.807) is 36.4 Å². The Bertz CT molecular complexity index is 1610. The molecule has 1 aliphatic heterocycles. The summed E-state index contributed by atoms with van der Waals surface area (Å²) in [5.74, 6) is -1.02. The second-order valence-corrected chi connectivity index (χ2v) is 10.2. The molecule has 0 fully saturated rings. The first-order chi connectivity index (χ1) is 19.2. The molecule has 1 N–H and O–H groups in total. The summed E-state index contributed by atoms with van der Waals surface area (Å²) < 4.78 is 41.3. The molecule has 8 heteroatoms. The second kappa shape index (κ2) is 9.55. The van der Waals surface area contributed by atoms with Gasteiger partial charge in [0.2, 0.25) is 5.91 Å². The van der Waals surface area contributed by atoms with Gasteiger partial charge in [-0.15, -0.1) is 0 Å². The molecule has 4 aromatic rings. The number of fused-ring (bicyclic) bond motifs is 3. The van der Waals surface area contributed by atoms with Crippen LogP contribution < -0.4 is 15.1 Å². The lowest BCUT2D eigenvalue weighted by molar-refractivity contribution is -0.138. The maximum absolute atomic E-state index is 14.6. The van der Waals surface area contributed by atoms with Crippen LogP contribution in [0.4, 0.5) is 35.9 Å². The Morgan fingerprint density at radius 1 is 0.825 bits per heavy atom. The van der Waals surface area contributed by atoms with E-state index >= 15 is 0 Å². The average Bonchev–Trinajstić information content (AvgIpc) is 3.33. The van der Waals surface area contributed by atoms with Crippen molar-refractivity contribution < 1.29 is 22.8 Å². The molecule has 5 nitrogen and oxygen atoms in total. The normalized spacial score (nSPS) is 18.5. The molecule has 2 amide bonds. The minimum absolute atomic E-state index is 0.0216. The maximum Gasteiger partial charge on any atom is 0.416 e. The summed E-state index contributed by atoms with van der Waals surface area (Å²) in [5.41, 5.74) is 1.62. The highest BCUT2D eigenvalue weighted by Gasteiger charge is 2.57. The van der Waals surface area contributed by atoms with Crippen molar-refractivity contribution in [3.8, 4) is 0 Å². The zero-order valence-electron chi connectivity index (χ0n) is 21.7. The van der Waals surface area contributed by atoms with Gasteiger partial charge in [0.05, 0.1) is 16.9 Å². The number of para-hydroxylation sites is 1. The van der Waals surface area contributed by atoms with Crippen LogP contribution in [0.5, 0.6) is 0 Å². The lowest BCUT2D eigenvalue weighted by Crippen LogP contribution is -2.52. The number of nitrogens with one attached hydrogen (secondary N) is 1. The van der Waals surface area contributed by atoms with Crippen molar-refractivity contribution in [2.75, 3.05) is 22.2 Å². The number of likely N-dealkylation sites (N-methyl/N-ethyl adjacent to an activating group) is 1. The number of carbonyl (C=O) groups excluding carboxylic acids is 2. The molecule has 0 bridgehead atoms. The molecule has 6 rings (SSSR count). The van der Waals surface area contributed by atoms with Crippen LogP contribution in [0.3, 0.4) is 0 Å². The van der Waals surface area contributed by atoms with E-state index in [0.29, 0.717) is 24.2 Å². The lowest BCUT2D eigenvalue weighted by atomic mass is 9.79. The average molecular weight is 542 g/mol. The van der Waals surface area contributed by atoms with E-state index in [0.717, 1.165) is 28.9 Å². The van der Waals surface area contributed by atoms with E-state index in [2.05, 4.69) is 5.32 Å². The van der Waals surface area contributed by atoms with Crippen LogP contribution in [-0.2, 0) is 34.1 Å². The first kappa shape index (κ1) is 25.7. The number of hydrogen-bond donors (Lipinski definition) is 1. The molecule has 0 saturated heterocycles. The number of anilines is 4. The van der Waals surface area contributed by atoms with Gasteiger partial charge in [0, 0.05) is 25.0 Å². The molecule has 1 spiro atoms. The highest BCUT2D eigenvalue weighted by molar-refractivity contribution is 6.27. The molecule has 2 aliphatic rings. The van der Waals surface area contributed by atoms with Gasteiger partial charge in [-0.1, -0.05) is 54.6 Å². The Balaban J connectivity index is 1.46. The first-order valence-corrected chi connectivity index (χ1v) is 13.0. The molecule has 40 heavy (non-hydrogen) atoms. The van der Waals surface area contributed by atoms with E-state index < -0.39 is 29.0 Å².